The molecule has 224 valence electrons. The third kappa shape index (κ3) is 8.56. The molecule has 0 saturated heterocycles. The van der Waals surface area contributed by atoms with Gasteiger partial charge in [0.2, 0.25) is 5.91 Å². The van der Waals surface area contributed by atoms with E-state index >= 15 is 0 Å². The summed E-state index contributed by atoms with van der Waals surface area (Å²) in [5.74, 6) is -0.232. The Balaban J connectivity index is 1.36. The van der Waals surface area contributed by atoms with E-state index in [0.29, 0.717) is 40.8 Å². The van der Waals surface area contributed by atoms with Gasteiger partial charge in [-0.15, -0.1) is 23.1 Å². The average Bonchev–Trinajstić information content (AvgIpc) is 3.28. The van der Waals surface area contributed by atoms with Crippen LogP contribution in [0.5, 0.6) is 0 Å². The number of nitrogens with one attached hydrogen (secondary N) is 3. The van der Waals surface area contributed by atoms with Crippen LogP contribution in [0.15, 0.2) is 53.4 Å². The molecule has 3 N–H and O–H groups in total. The lowest BCUT2D eigenvalue weighted by Crippen LogP contribution is -2.39. The van der Waals surface area contributed by atoms with E-state index in [0.717, 1.165) is 26.7 Å². The van der Waals surface area contributed by atoms with Crippen LogP contribution < -0.4 is 16.0 Å². The first-order valence-corrected chi connectivity index (χ1v) is 15.7. The van der Waals surface area contributed by atoms with Gasteiger partial charge in [0.1, 0.15) is 16.7 Å². The molecule has 1 aliphatic heterocycles. The Labute approximate surface area is 265 Å². The van der Waals surface area contributed by atoms with Gasteiger partial charge in [0, 0.05) is 33.3 Å². The Morgan fingerprint density at radius 3 is 2.44 bits per heavy atom. The van der Waals surface area contributed by atoms with E-state index in [9.17, 15) is 19.6 Å². The number of amides is 2. The number of hydrogen-bond acceptors (Lipinski definition) is 8. The number of benzene rings is 2. The number of nitriles is 1. The van der Waals surface area contributed by atoms with Crippen LogP contribution in [0.3, 0.4) is 0 Å². The van der Waals surface area contributed by atoms with E-state index in [2.05, 4.69) is 22.0 Å². The largest absolute Gasteiger partial charge is 0.444 e. The number of ketones is 1. The number of hydrogen-bond donors (Lipinski definition) is 3. The number of nitrogens with zero attached hydrogens (tertiary/aromatic N) is 2. The van der Waals surface area contributed by atoms with E-state index in [1.54, 1.807) is 36.1 Å². The summed E-state index contributed by atoms with van der Waals surface area (Å²) in [4.78, 5) is 40.6. The van der Waals surface area contributed by atoms with Crippen LogP contribution in [0.2, 0.25) is 0 Å². The summed E-state index contributed by atoms with van der Waals surface area (Å²) in [5, 5.41) is 19.5. The van der Waals surface area contributed by atoms with Crippen molar-refractivity contribution in [3.8, 4) is 6.07 Å². The number of Topliss-reactive ketones (excluding diaryl/α,β-unsaturated/α-hetero) is 1. The van der Waals surface area contributed by atoms with Gasteiger partial charge in [0.15, 0.2) is 10.9 Å². The monoisotopic (exact) mass is 635 g/mol. The van der Waals surface area contributed by atoms with Crippen LogP contribution in [-0.2, 0) is 22.5 Å². The number of thioether (sulfide) groups is 1. The molecule has 3 aromatic rings. The lowest BCUT2D eigenvalue weighted by atomic mass is 10.0. The maximum Gasteiger partial charge on any atom is 0.410 e. The van der Waals surface area contributed by atoms with Crippen molar-refractivity contribution >= 4 is 74.6 Å². The van der Waals surface area contributed by atoms with Crippen molar-refractivity contribution in [2.45, 2.75) is 63.3 Å². The highest BCUT2D eigenvalue weighted by atomic mass is 32.2. The van der Waals surface area contributed by atoms with Crippen molar-refractivity contribution < 1.29 is 19.1 Å². The number of carbonyl (C=O) groups is 3. The maximum absolute atomic E-state index is 13.2. The van der Waals surface area contributed by atoms with Crippen LogP contribution in [0.1, 0.15) is 61.0 Å². The van der Waals surface area contributed by atoms with Gasteiger partial charge in [-0.25, -0.2) is 4.79 Å². The van der Waals surface area contributed by atoms with Crippen molar-refractivity contribution in [1.29, 1.82) is 5.26 Å². The first kappa shape index (κ1) is 32.0. The molecule has 1 atom stereocenters. The molecule has 2 heterocycles. The second kappa shape index (κ2) is 13.6. The first-order chi connectivity index (χ1) is 20.3. The summed E-state index contributed by atoms with van der Waals surface area (Å²) < 4.78 is 5.50. The number of thiocarbonyl (C=S) groups is 1. The Morgan fingerprint density at radius 1 is 1.09 bits per heavy atom. The van der Waals surface area contributed by atoms with Crippen molar-refractivity contribution in [3.63, 3.8) is 0 Å². The second-order valence-electron chi connectivity index (χ2n) is 11.0. The SMILES string of the molecule is CC(=O)c1ccc(NC(=S)Nc2cccc(SC(C)C(=O)Nc3sc4c(c3C#N)CCN(C(=O)OC(C)(C)C)C4)c2)cc1. The van der Waals surface area contributed by atoms with Gasteiger partial charge in [-0.2, -0.15) is 5.26 Å². The van der Waals surface area contributed by atoms with Gasteiger partial charge in [-0.3, -0.25) is 9.59 Å². The van der Waals surface area contributed by atoms with Crippen LogP contribution in [-0.4, -0.2) is 45.2 Å². The third-order valence-corrected chi connectivity index (χ3v) is 8.81. The zero-order chi connectivity index (χ0) is 31.3. The van der Waals surface area contributed by atoms with Crippen molar-refractivity contribution in [2.75, 3.05) is 22.5 Å². The molecule has 9 nitrogen and oxygen atoms in total. The minimum atomic E-state index is -0.597. The highest BCUT2D eigenvalue weighted by Crippen LogP contribution is 2.37. The molecule has 4 rings (SSSR count). The quantitative estimate of drug-likeness (QED) is 0.142. The second-order valence-corrected chi connectivity index (χ2v) is 13.9. The number of ether oxygens (including phenoxy) is 1. The van der Waals surface area contributed by atoms with Gasteiger partial charge in [0.05, 0.1) is 17.4 Å². The fraction of sp³-hybridized carbons (Fsp3) is 0.323. The number of anilines is 3. The Bertz CT molecular complexity index is 1590. The van der Waals surface area contributed by atoms with Gasteiger partial charge >= 0.3 is 6.09 Å². The van der Waals surface area contributed by atoms with Crippen LogP contribution in [0.4, 0.5) is 21.2 Å². The Hall–Kier alpha value is -3.92. The molecule has 0 saturated carbocycles. The lowest BCUT2D eigenvalue weighted by molar-refractivity contribution is -0.115. The Kier molecular flexibility index (Phi) is 10.1. The normalized spacial score (nSPS) is 13.3. The molecule has 2 aromatic carbocycles. The molecule has 0 fully saturated rings. The predicted octanol–water partition coefficient (Wildman–Crippen LogP) is 7.04. The highest BCUT2D eigenvalue weighted by molar-refractivity contribution is 8.00. The van der Waals surface area contributed by atoms with Gasteiger partial charge in [-0.05, 0) is 101 Å². The van der Waals surface area contributed by atoms with E-state index in [4.69, 9.17) is 17.0 Å². The summed E-state index contributed by atoms with van der Waals surface area (Å²) in [6.45, 7) is 9.58. The van der Waals surface area contributed by atoms with Crippen LogP contribution in [0.25, 0.3) is 0 Å². The molecule has 1 aliphatic rings. The molecular weight excluding hydrogens is 603 g/mol. The molecule has 0 radical (unpaired) electrons. The zero-order valence-corrected chi connectivity index (χ0v) is 27.0. The van der Waals surface area contributed by atoms with Gasteiger partial charge in [-0.1, -0.05) is 6.07 Å². The molecular formula is C31H33N5O4S3. The summed E-state index contributed by atoms with van der Waals surface area (Å²) in [5.41, 5.74) is 2.87. The Morgan fingerprint density at radius 2 is 1.79 bits per heavy atom. The molecule has 1 unspecified atom stereocenters. The highest BCUT2D eigenvalue weighted by Gasteiger charge is 2.30. The van der Waals surface area contributed by atoms with Crippen LogP contribution in [0, 0.1) is 11.3 Å². The standard InChI is InChI=1S/C31H33N5O4S3/c1-18(37)20-9-11-21(12-10-20)33-29(41)34-22-7-6-8-23(15-22)42-19(2)27(38)35-28-25(16-32)24-13-14-36(17-26(24)43-28)30(39)40-31(3,4)5/h6-12,15,19H,13-14,17H2,1-5H3,(H,35,38)(H2,33,34,41). The number of fused-ring (bicyclic) bond motifs is 1. The average molecular weight is 636 g/mol. The molecule has 0 bridgehead atoms. The lowest BCUT2D eigenvalue weighted by Gasteiger charge is -2.29. The fourth-order valence-corrected chi connectivity index (χ4v) is 6.67. The predicted molar refractivity (Wildman–Crippen MR) is 176 cm³/mol. The third-order valence-electron chi connectivity index (χ3n) is 6.38. The number of thiophene rings is 1. The molecule has 0 spiro atoms. The molecule has 2 amide bonds. The topological polar surface area (TPSA) is 124 Å². The summed E-state index contributed by atoms with van der Waals surface area (Å²) in [7, 11) is 0. The van der Waals surface area contributed by atoms with Crippen molar-refractivity contribution in [1.82, 2.24) is 4.90 Å². The van der Waals surface area contributed by atoms with E-state index in [1.807, 2.05) is 45.0 Å². The molecule has 43 heavy (non-hydrogen) atoms. The van der Waals surface area contributed by atoms with E-state index < -0.39 is 16.9 Å². The minimum absolute atomic E-state index is 0.00359. The molecule has 1 aromatic heterocycles. The smallest absolute Gasteiger partial charge is 0.410 e. The van der Waals surface area contributed by atoms with Gasteiger partial charge < -0.3 is 25.6 Å². The van der Waals surface area contributed by atoms with Gasteiger partial charge in [0.25, 0.3) is 0 Å². The summed E-state index contributed by atoms with van der Waals surface area (Å²) in [6, 6.07) is 16.8. The van der Waals surface area contributed by atoms with Crippen LogP contribution >= 0.6 is 35.3 Å². The number of rotatable bonds is 7. The fourth-order valence-electron chi connectivity index (χ4n) is 4.29. The summed E-state index contributed by atoms with van der Waals surface area (Å²) in [6.07, 6.45) is 0.131. The molecule has 12 heteroatoms. The van der Waals surface area contributed by atoms with Crippen molar-refractivity contribution in [2.24, 2.45) is 0 Å². The van der Waals surface area contributed by atoms with E-state index in [-0.39, 0.29) is 11.7 Å². The molecule has 0 aliphatic carbocycles. The number of carbonyl (C=O) groups excluding carboxylic acids is 3. The summed E-state index contributed by atoms with van der Waals surface area (Å²) >= 11 is 8.15. The zero-order valence-electron chi connectivity index (χ0n) is 24.6. The first-order valence-electron chi connectivity index (χ1n) is 13.6. The maximum atomic E-state index is 13.2. The minimum Gasteiger partial charge on any atom is -0.444 e. The van der Waals surface area contributed by atoms with Crippen molar-refractivity contribution in [3.05, 3.63) is 70.1 Å². The van der Waals surface area contributed by atoms with E-state index in [1.165, 1.54) is 30.0 Å².